The third-order valence-corrected chi connectivity index (χ3v) is 11.8. The molecule has 4 aliphatic rings. The highest BCUT2D eigenvalue weighted by Crippen LogP contribution is 2.61. The van der Waals surface area contributed by atoms with E-state index in [-0.39, 0.29) is 42.3 Å². The average molecular weight is 692 g/mol. The highest BCUT2D eigenvalue weighted by atomic mass is 16.7. The molecule has 2 aromatic rings. The van der Waals surface area contributed by atoms with Gasteiger partial charge in [-0.05, 0) is 72.3 Å². The van der Waals surface area contributed by atoms with Gasteiger partial charge in [0.1, 0.15) is 17.9 Å². The number of aliphatic hydroxyl groups is 1. The van der Waals surface area contributed by atoms with Crippen molar-refractivity contribution < 1.29 is 29.1 Å². The third kappa shape index (κ3) is 7.50. The lowest BCUT2D eigenvalue weighted by atomic mass is 9.45. The van der Waals surface area contributed by atoms with Crippen LogP contribution in [0.15, 0.2) is 36.4 Å². The molecule has 0 spiro atoms. The summed E-state index contributed by atoms with van der Waals surface area (Å²) in [6.45, 7) is 12.4. The first kappa shape index (κ1) is 37.6. The van der Waals surface area contributed by atoms with Crippen molar-refractivity contribution in [2.24, 2.45) is 29.1 Å². The predicted octanol–water partition coefficient (Wildman–Crippen LogP) is 4.21. The van der Waals surface area contributed by atoms with E-state index in [0.717, 1.165) is 34.4 Å². The van der Waals surface area contributed by atoms with E-state index in [1.54, 1.807) is 38.0 Å². The normalized spacial score (nSPS) is 27.5. The molecule has 3 N–H and O–H groups in total. The van der Waals surface area contributed by atoms with Crippen LogP contribution in [-0.2, 0) is 32.3 Å². The van der Waals surface area contributed by atoms with Crippen LogP contribution in [0.5, 0.6) is 5.75 Å². The standard InChI is InChI=1S/C39H57N5O6/c1-22-32-17-29(39(32,5)6)18-33(22)41-38(48)36-35(23(2)45)34(19-40-24(3)46)50-44(36)21-27-12-11-13-31(37(27)49-10)28-14-26(20-43(9)25(4)47)15-30(16-28)42(7)8/h11-16,22-23,29,32-36,45H,17-21H2,1-10H3,(H,40,46)(H,41,48)/t22-,23-,29+,32-,33-,34-,35-,36-/m0/s1. The minimum absolute atomic E-state index is 0.0171. The minimum Gasteiger partial charge on any atom is -0.496 e. The van der Waals surface area contributed by atoms with Gasteiger partial charge in [0.15, 0.2) is 0 Å². The van der Waals surface area contributed by atoms with Gasteiger partial charge in [0.25, 0.3) is 0 Å². The van der Waals surface area contributed by atoms with Gasteiger partial charge in [-0.1, -0.05) is 39.0 Å². The summed E-state index contributed by atoms with van der Waals surface area (Å²) < 4.78 is 6.08. The first-order valence-electron chi connectivity index (χ1n) is 17.9. The van der Waals surface area contributed by atoms with Crippen LogP contribution in [0.3, 0.4) is 0 Å². The summed E-state index contributed by atoms with van der Waals surface area (Å²) in [5.74, 6) is 1.12. The number of rotatable bonds is 12. The molecule has 8 atom stereocenters. The molecule has 11 heteroatoms. The fourth-order valence-corrected chi connectivity index (χ4v) is 8.66. The lowest BCUT2D eigenvalue weighted by molar-refractivity contribution is -0.177. The van der Waals surface area contributed by atoms with Crippen LogP contribution in [0.2, 0.25) is 0 Å². The number of benzene rings is 2. The molecule has 3 saturated carbocycles. The molecule has 3 amide bonds. The van der Waals surface area contributed by atoms with Gasteiger partial charge in [0, 0.05) is 76.9 Å². The van der Waals surface area contributed by atoms with Gasteiger partial charge in [0.2, 0.25) is 17.7 Å². The van der Waals surface area contributed by atoms with Crippen molar-refractivity contribution in [1.82, 2.24) is 20.6 Å². The molecule has 3 aliphatic carbocycles. The van der Waals surface area contributed by atoms with Crippen LogP contribution in [0.4, 0.5) is 5.69 Å². The molecule has 2 aromatic carbocycles. The second-order valence-corrected chi connectivity index (χ2v) is 15.6. The molecule has 11 nitrogen and oxygen atoms in total. The minimum atomic E-state index is -0.876. The maximum Gasteiger partial charge on any atom is 0.240 e. The second kappa shape index (κ2) is 14.9. The Balaban J connectivity index is 1.48. The van der Waals surface area contributed by atoms with Gasteiger partial charge in [-0.2, -0.15) is 5.06 Å². The Morgan fingerprint density at radius 1 is 1.12 bits per heavy atom. The summed E-state index contributed by atoms with van der Waals surface area (Å²) in [7, 11) is 7.38. The number of para-hydroxylation sites is 1. The molecule has 1 heterocycles. The molecular weight excluding hydrogens is 634 g/mol. The number of hydrogen-bond acceptors (Lipinski definition) is 8. The molecule has 4 fully saturated rings. The summed E-state index contributed by atoms with van der Waals surface area (Å²) in [6, 6.07) is 11.4. The van der Waals surface area contributed by atoms with Crippen LogP contribution in [0, 0.1) is 29.1 Å². The number of amides is 3. The van der Waals surface area contributed by atoms with E-state index in [4.69, 9.17) is 9.57 Å². The molecule has 274 valence electrons. The van der Waals surface area contributed by atoms with Gasteiger partial charge in [0.05, 0.1) is 19.8 Å². The number of fused-ring (bicyclic) bond motifs is 2. The zero-order valence-electron chi connectivity index (χ0n) is 31.4. The van der Waals surface area contributed by atoms with Crippen molar-refractivity contribution in [1.29, 1.82) is 0 Å². The number of ether oxygens (including phenoxy) is 1. The quantitative estimate of drug-likeness (QED) is 0.303. The van der Waals surface area contributed by atoms with Crippen LogP contribution in [-0.4, -0.2) is 91.9 Å². The summed E-state index contributed by atoms with van der Waals surface area (Å²) in [6.07, 6.45) is 0.651. The molecule has 2 bridgehead atoms. The first-order valence-corrected chi connectivity index (χ1v) is 17.9. The number of hydrogen-bond donors (Lipinski definition) is 3. The summed E-state index contributed by atoms with van der Waals surface area (Å²) in [4.78, 5) is 48.5. The number of nitrogens with one attached hydrogen (secondary N) is 2. The largest absolute Gasteiger partial charge is 0.496 e. The Kier molecular flexibility index (Phi) is 11.2. The van der Waals surface area contributed by atoms with Gasteiger partial charge in [-0.3, -0.25) is 19.2 Å². The molecule has 1 saturated heterocycles. The predicted molar refractivity (Wildman–Crippen MR) is 194 cm³/mol. The Morgan fingerprint density at radius 2 is 1.84 bits per heavy atom. The Labute approximate surface area is 297 Å². The highest BCUT2D eigenvalue weighted by molar-refractivity contribution is 5.83. The Hall–Kier alpha value is -3.67. The zero-order chi connectivity index (χ0) is 36.7. The lowest BCUT2D eigenvalue weighted by Crippen LogP contribution is -2.62. The first-order chi connectivity index (χ1) is 23.5. The lowest BCUT2D eigenvalue weighted by Gasteiger charge is -2.62. The van der Waals surface area contributed by atoms with E-state index in [9.17, 15) is 19.5 Å². The second-order valence-electron chi connectivity index (χ2n) is 15.6. The monoisotopic (exact) mass is 691 g/mol. The fraction of sp³-hybridized carbons (Fsp3) is 0.615. The molecular formula is C39H57N5O6. The molecule has 50 heavy (non-hydrogen) atoms. The molecule has 0 aromatic heterocycles. The SMILES string of the molecule is COc1c(CN2O[C@@H](CNC(C)=O)[C@H]([C@H](C)O)[C@H]2C(=O)N[C@H]2C[C@H]3C[C@@H]([C@@H]2C)C3(C)C)cccc1-c1cc(CN(C)C(C)=O)cc(N(C)C)c1. The van der Waals surface area contributed by atoms with Crippen molar-refractivity contribution in [2.45, 2.75) is 91.8 Å². The van der Waals surface area contributed by atoms with E-state index in [0.29, 0.717) is 30.0 Å². The zero-order valence-corrected chi connectivity index (χ0v) is 31.4. The number of hydroxylamine groups is 2. The van der Waals surface area contributed by atoms with E-state index in [2.05, 4.69) is 49.6 Å². The number of methoxy groups -OCH3 is 1. The maximum absolute atomic E-state index is 14.4. The van der Waals surface area contributed by atoms with Gasteiger partial charge < -0.3 is 30.3 Å². The fourth-order valence-electron chi connectivity index (χ4n) is 8.66. The number of nitrogens with zero attached hydrogens (tertiary/aromatic N) is 3. The third-order valence-electron chi connectivity index (χ3n) is 11.8. The molecule has 6 rings (SSSR count). The summed E-state index contributed by atoms with van der Waals surface area (Å²) in [5, 5.41) is 19.0. The van der Waals surface area contributed by atoms with Gasteiger partial charge in [-0.15, -0.1) is 0 Å². The molecule has 0 radical (unpaired) electrons. The van der Waals surface area contributed by atoms with E-state index < -0.39 is 24.2 Å². The average Bonchev–Trinajstić information content (AvgIpc) is 3.42. The van der Waals surface area contributed by atoms with Crippen molar-refractivity contribution in [3.05, 3.63) is 47.5 Å². The van der Waals surface area contributed by atoms with E-state index in [1.807, 2.05) is 37.2 Å². The maximum atomic E-state index is 14.4. The smallest absolute Gasteiger partial charge is 0.240 e. The molecule has 0 unspecified atom stereocenters. The number of anilines is 1. The Bertz CT molecular complexity index is 1580. The summed E-state index contributed by atoms with van der Waals surface area (Å²) in [5.41, 5.74) is 4.84. The van der Waals surface area contributed by atoms with Crippen molar-refractivity contribution in [3.63, 3.8) is 0 Å². The van der Waals surface area contributed by atoms with Crippen molar-refractivity contribution >= 4 is 23.4 Å². The number of carbonyl (C=O) groups excluding carboxylic acids is 3. The van der Waals surface area contributed by atoms with E-state index in [1.165, 1.54) is 13.3 Å². The van der Waals surface area contributed by atoms with Gasteiger partial charge in [-0.25, -0.2) is 0 Å². The van der Waals surface area contributed by atoms with Crippen LogP contribution >= 0.6 is 0 Å². The van der Waals surface area contributed by atoms with Crippen LogP contribution < -0.4 is 20.3 Å². The van der Waals surface area contributed by atoms with Crippen molar-refractivity contribution in [3.8, 4) is 16.9 Å². The highest BCUT2D eigenvalue weighted by Gasteiger charge is 2.57. The van der Waals surface area contributed by atoms with E-state index >= 15 is 0 Å². The van der Waals surface area contributed by atoms with Crippen LogP contribution in [0.1, 0.15) is 65.5 Å². The topological polar surface area (TPSA) is 124 Å². The van der Waals surface area contributed by atoms with Crippen LogP contribution in [0.25, 0.3) is 11.1 Å². The van der Waals surface area contributed by atoms with Crippen molar-refractivity contribution in [2.75, 3.05) is 39.7 Å². The Morgan fingerprint density at radius 3 is 2.42 bits per heavy atom. The van der Waals surface area contributed by atoms with Gasteiger partial charge >= 0.3 is 0 Å². The summed E-state index contributed by atoms with van der Waals surface area (Å²) >= 11 is 0. The number of aliphatic hydroxyl groups excluding tert-OH is 1. The number of carbonyl (C=O) groups is 3. The molecule has 1 aliphatic heterocycles.